The molecule has 4 nitrogen and oxygen atoms in total. The summed E-state index contributed by atoms with van der Waals surface area (Å²) in [5.74, 6) is 0. The lowest BCUT2D eigenvalue weighted by Gasteiger charge is -2.05. The number of ether oxygens (including phenoxy) is 1. The van der Waals surface area contributed by atoms with Crippen molar-refractivity contribution in [1.82, 2.24) is 15.0 Å². The lowest BCUT2D eigenvalue weighted by molar-refractivity contribution is 0.198. The second-order valence-electron chi connectivity index (χ2n) is 2.97. The maximum atomic E-state index is 5.01. The van der Waals surface area contributed by atoms with E-state index in [0.29, 0.717) is 4.83 Å². The molecule has 0 saturated carbocycles. The summed E-state index contributed by atoms with van der Waals surface area (Å²) in [5, 5.41) is 7.86. The third-order valence-corrected chi connectivity index (χ3v) is 2.43. The van der Waals surface area contributed by atoms with Crippen molar-refractivity contribution >= 4 is 15.9 Å². The second kappa shape index (κ2) is 5.34. The highest BCUT2D eigenvalue weighted by molar-refractivity contribution is 9.09. The van der Waals surface area contributed by atoms with Crippen molar-refractivity contribution < 1.29 is 4.74 Å². The Bertz CT molecular complexity index is 251. The topological polar surface area (TPSA) is 39.9 Å². The second-order valence-corrected chi connectivity index (χ2v) is 4.27. The molecule has 13 heavy (non-hydrogen) atoms. The van der Waals surface area contributed by atoms with Crippen LogP contribution in [0.3, 0.4) is 0 Å². The Morgan fingerprint density at radius 3 is 3.00 bits per heavy atom. The molecular formula is C8H14BrN3O. The van der Waals surface area contributed by atoms with Gasteiger partial charge in [0.25, 0.3) is 0 Å². The molecule has 74 valence electrons. The van der Waals surface area contributed by atoms with Crippen LogP contribution in [0.4, 0.5) is 0 Å². The van der Waals surface area contributed by atoms with Gasteiger partial charge in [-0.05, 0) is 12.8 Å². The van der Waals surface area contributed by atoms with Gasteiger partial charge in [-0.3, -0.25) is 4.68 Å². The van der Waals surface area contributed by atoms with Crippen LogP contribution in [0, 0.1) is 0 Å². The van der Waals surface area contributed by atoms with E-state index < -0.39 is 0 Å². The van der Waals surface area contributed by atoms with E-state index in [-0.39, 0.29) is 0 Å². The summed E-state index contributed by atoms with van der Waals surface area (Å²) in [6.07, 6.45) is 3.90. The van der Waals surface area contributed by atoms with Crippen molar-refractivity contribution in [2.45, 2.75) is 17.7 Å². The van der Waals surface area contributed by atoms with Crippen LogP contribution in [-0.4, -0.2) is 33.5 Å². The predicted octanol–water partition coefficient (Wildman–Crippen LogP) is 1.16. The third-order valence-electron chi connectivity index (χ3n) is 1.71. The molecule has 0 bridgehead atoms. The van der Waals surface area contributed by atoms with Gasteiger partial charge in [-0.25, -0.2) is 0 Å². The summed E-state index contributed by atoms with van der Waals surface area (Å²) >= 11 is 3.52. The molecule has 0 saturated heterocycles. The molecule has 1 atom stereocenters. The first-order chi connectivity index (χ1) is 6.22. The monoisotopic (exact) mass is 247 g/mol. The van der Waals surface area contributed by atoms with Crippen LogP contribution in [-0.2, 0) is 18.2 Å². The zero-order valence-corrected chi connectivity index (χ0v) is 9.49. The summed E-state index contributed by atoms with van der Waals surface area (Å²) in [4.78, 5) is 0.402. The number of rotatable bonds is 5. The van der Waals surface area contributed by atoms with Crippen LogP contribution in [0.15, 0.2) is 6.20 Å². The molecule has 1 rings (SSSR count). The summed E-state index contributed by atoms with van der Waals surface area (Å²) < 4.78 is 6.73. The van der Waals surface area contributed by atoms with Crippen molar-refractivity contribution in [2.75, 3.05) is 13.7 Å². The predicted molar refractivity (Wildman–Crippen MR) is 53.9 cm³/mol. The van der Waals surface area contributed by atoms with Crippen LogP contribution < -0.4 is 0 Å². The van der Waals surface area contributed by atoms with Crippen LogP contribution in [0.5, 0.6) is 0 Å². The van der Waals surface area contributed by atoms with E-state index in [9.17, 15) is 0 Å². The standard InChI is InChI=1S/C8H14BrN3O/c1-12-5-8(10-11-12)4-3-7(9)6-13-2/h5,7H,3-4,6H2,1-2H3. The first-order valence-electron chi connectivity index (χ1n) is 4.20. The average molecular weight is 248 g/mol. The number of nitrogens with zero attached hydrogens (tertiary/aromatic N) is 3. The van der Waals surface area contributed by atoms with Gasteiger partial charge >= 0.3 is 0 Å². The smallest absolute Gasteiger partial charge is 0.0827 e. The van der Waals surface area contributed by atoms with Gasteiger partial charge in [0.2, 0.25) is 0 Å². The highest BCUT2D eigenvalue weighted by atomic mass is 79.9. The summed E-state index contributed by atoms with van der Waals surface area (Å²) in [6.45, 7) is 0.736. The van der Waals surface area contributed by atoms with Crippen molar-refractivity contribution in [3.05, 3.63) is 11.9 Å². The molecule has 5 heteroatoms. The first-order valence-corrected chi connectivity index (χ1v) is 5.12. The van der Waals surface area contributed by atoms with Gasteiger partial charge < -0.3 is 4.74 Å². The molecule has 1 aromatic rings. The van der Waals surface area contributed by atoms with E-state index in [4.69, 9.17) is 4.74 Å². The maximum absolute atomic E-state index is 5.01. The number of hydrogen-bond donors (Lipinski definition) is 0. The normalized spacial score (nSPS) is 13.2. The quantitative estimate of drug-likeness (QED) is 0.734. The molecule has 0 aliphatic carbocycles. The van der Waals surface area contributed by atoms with Gasteiger partial charge in [0.15, 0.2) is 0 Å². The molecule has 0 radical (unpaired) electrons. The third kappa shape index (κ3) is 3.87. The Balaban J connectivity index is 2.26. The number of methoxy groups -OCH3 is 1. The fourth-order valence-electron chi connectivity index (χ4n) is 1.08. The summed E-state index contributed by atoms with van der Waals surface area (Å²) in [7, 11) is 3.58. The Kier molecular flexibility index (Phi) is 4.38. The van der Waals surface area contributed by atoms with E-state index in [1.807, 2.05) is 13.2 Å². The van der Waals surface area contributed by atoms with Gasteiger partial charge in [-0.1, -0.05) is 21.1 Å². The fourth-order valence-corrected chi connectivity index (χ4v) is 1.57. The Morgan fingerprint density at radius 2 is 2.46 bits per heavy atom. The van der Waals surface area contributed by atoms with Gasteiger partial charge in [-0.2, -0.15) is 0 Å². The van der Waals surface area contributed by atoms with Crippen molar-refractivity contribution in [2.24, 2.45) is 7.05 Å². The maximum Gasteiger partial charge on any atom is 0.0827 e. The van der Waals surface area contributed by atoms with Gasteiger partial charge in [0.05, 0.1) is 12.3 Å². The molecular weight excluding hydrogens is 234 g/mol. The zero-order chi connectivity index (χ0) is 9.68. The van der Waals surface area contributed by atoms with Crippen LogP contribution in [0.1, 0.15) is 12.1 Å². The molecule has 0 N–H and O–H groups in total. The molecule has 0 spiro atoms. The largest absolute Gasteiger partial charge is 0.384 e. The van der Waals surface area contributed by atoms with Gasteiger partial charge in [-0.15, -0.1) is 5.10 Å². The molecule has 1 aromatic heterocycles. The van der Waals surface area contributed by atoms with Crippen LogP contribution >= 0.6 is 15.9 Å². The van der Waals surface area contributed by atoms with E-state index >= 15 is 0 Å². The molecule has 0 fully saturated rings. The average Bonchev–Trinajstić information content (AvgIpc) is 2.49. The van der Waals surface area contributed by atoms with Gasteiger partial charge in [0.1, 0.15) is 0 Å². The van der Waals surface area contributed by atoms with Crippen molar-refractivity contribution in [3.63, 3.8) is 0 Å². The fraction of sp³-hybridized carbons (Fsp3) is 0.750. The lowest BCUT2D eigenvalue weighted by Crippen LogP contribution is -2.07. The molecule has 0 aromatic carbocycles. The molecule has 0 aliphatic rings. The summed E-state index contributed by atoms with van der Waals surface area (Å²) in [5.41, 5.74) is 1.03. The highest BCUT2D eigenvalue weighted by Crippen LogP contribution is 2.09. The van der Waals surface area contributed by atoms with Crippen molar-refractivity contribution in [3.8, 4) is 0 Å². The van der Waals surface area contributed by atoms with Crippen molar-refractivity contribution in [1.29, 1.82) is 0 Å². The van der Waals surface area contributed by atoms with E-state index in [2.05, 4.69) is 26.2 Å². The Labute approximate surface area is 86.4 Å². The van der Waals surface area contributed by atoms with E-state index in [0.717, 1.165) is 25.1 Å². The number of halogens is 1. The molecule has 1 unspecified atom stereocenters. The number of alkyl halides is 1. The number of aryl methyl sites for hydroxylation is 2. The lowest BCUT2D eigenvalue weighted by atomic mass is 10.2. The minimum atomic E-state index is 0.402. The van der Waals surface area contributed by atoms with Crippen LogP contribution in [0.25, 0.3) is 0 Å². The minimum Gasteiger partial charge on any atom is -0.384 e. The SMILES string of the molecule is COCC(Br)CCc1cn(C)nn1. The minimum absolute atomic E-state index is 0.402. The van der Waals surface area contributed by atoms with E-state index in [1.54, 1.807) is 11.8 Å². The highest BCUT2D eigenvalue weighted by Gasteiger charge is 2.05. The number of hydrogen-bond acceptors (Lipinski definition) is 3. The number of aromatic nitrogens is 3. The zero-order valence-electron chi connectivity index (χ0n) is 7.90. The summed E-state index contributed by atoms with van der Waals surface area (Å²) in [6, 6.07) is 0. The molecule has 1 heterocycles. The first kappa shape index (κ1) is 10.7. The molecule has 0 amide bonds. The Morgan fingerprint density at radius 1 is 1.69 bits per heavy atom. The van der Waals surface area contributed by atoms with Gasteiger partial charge in [0, 0.05) is 25.2 Å². The Hall–Kier alpha value is -0.420. The van der Waals surface area contributed by atoms with Crippen LogP contribution in [0.2, 0.25) is 0 Å². The van der Waals surface area contributed by atoms with E-state index in [1.165, 1.54) is 0 Å². The molecule has 0 aliphatic heterocycles.